The number of carbonyl (C=O) groups excluding carboxylic acids is 1. The van der Waals surface area contributed by atoms with E-state index in [0.717, 1.165) is 25.9 Å². The number of hydrogen-bond donors (Lipinski definition) is 3. The third kappa shape index (κ3) is 4.86. The summed E-state index contributed by atoms with van der Waals surface area (Å²) in [7, 11) is 2.03. The maximum Gasteiger partial charge on any atom is 0.314 e. The van der Waals surface area contributed by atoms with Gasteiger partial charge in [-0.3, -0.25) is 4.79 Å². The van der Waals surface area contributed by atoms with Crippen molar-refractivity contribution in [2.45, 2.75) is 25.4 Å². The van der Waals surface area contributed by atoms with Crippen LogP contribution in [0.2, 0.25) is 0 Å². The smallest absolute Gasteiger partial charge is 0.314 e. The molecule has 7 nitrogen and oxygen atoms in total. The minimum atomic E-state index is -0.752. The van der Waals surface area contributed by atoms with Crippen LogP contribution >= 0.6 is 0 Å². The summed E-state index contributed by atoms with van der Waals surface area (Å²) >= 11 is 0. The van der Waals surface area contributed by atoms with E-state index in [-0.39, 0.29) is 24.0 Å². The highest BCUT2D eigenvalue weighted by molar-refractivity contribution is 5.74. The number of carboxylic acid groups (broad SMARTS) is 1. The van der Waals surface area contributed by atoms with Crippen LogP contribution in [0.1, 0.15) is 19.3 Å². The van der Waals surface area contributed by atoms with Crippen molar-refractivity contribution < 1.29 is 19.4 Å². The molecule has 2 aliphatic rings. The van der Waals surface area contributed by atoms with Gasteiger partial charge in [0, 0.05) is 26.2 Å². The van der Waals surface area contributed by atoms with Gasteiger partial charge in [0.2, 0.25) is 0 Å². The third-order valence-electron chi connectivity index (χ3n) is 4.33. The second kappa shape index (κ2) is 7.61. The van der Waals surface area contributed by atoms with E-state index in [1.54, 1.807) is 0 Å². The van der Waals surface area contributed by atoms with Crippen molar-refractivity contribution in [3.05, 3.63) is 0 Å². The number of likely N-dealkylation sites (N-methyl/N-ethyl adjacent to an activating group) is 1. The molecular formula is C14H25N3O4. The van der Waals surface area contributed by atoms with E-state index >= 15 is 0 Å². The normalized spacial score (nSPS) is 30.0. The van der Waals surface area contributed by atoms with Crippen molar-refractivity contribution in [2.24, 2.45) is 11.8 Å². The zero-order valence-corrected chi connectivity index (χ0v) is 12.5. The highest BCUT2D eigenvalue weighted by atomic mass is 16.5. The van der Waals surface area contributed by atoms with Crippen LogP contribution in [0.5, 0.6) is 0 Å². The number of nitrogens with one attached hydrogen (secondary N) is 2. The average Bonchev–Trinajstić information content (AvgIpc) is 2.91. The Morgan fingerprint density at radius 1 is 1.29 bits per heavy atom. The van der Waals surface area contributed by atoms with Gasteiger partial charge in [-0.1, -0.05) is 6.42 Å². The molecule has 1 aliphatic carbocycles. The standard InChI is InChI=1S/C14H25N3O4/c1-17-5-6-21-11(9-17)8-16-14(20)15-7-10-3-2-4-12(10)13(18)19/h10-12H,2-9H2,1H3,(H,18,19)(H2,15,16,20). The van der Waals surface area contributed by atoms with Gasteiger partial charge in [-0.2, -0.15) is 0 Å². The summed E-state index contributed by atoms with van der Waals surface area (Å²) in [6, 6.07) is -0.247. The fourth-order valence-corrected chi connectivity index (χ4v) is 3.09. The third-order valence-corrected chi connectivity index (χ3v) is 4.33. The molecule has 21 heavy (non-hydrogen) atoms. The maximum atomic E-state index is 11.8. The van der Waals surface area contributed by atoms with Crippen LogP contribution in [-0.4, -0.2) is 67.9 Å². The molecule has 3 atom stereocenters. The Balaban J connectivity index is 1.64. The molecule has 120 valence electrons. The number of hydrogen-bond acceptors (Lipinski definition) is 4. The Morgan fingerprint density at radius 2 is 2.05 bits per heavy atom. The number of ether oxygens (including phenoxy) is 1. The highest BCUT2D eigenvalue weighted by Crippen LogP contribution is 2.31. The second-order valence-corrected chi connectivity index (χ2v) is 5.98. The van der Waals surface area contributed by atoms with E-state index in [2.05, 4.69) is 15.5 Å². The first-order valence-corrected chi connectivity index (χ1v) is 7.61. The van der Waals surface area contributed by atoms with Crippen molar-refractivity contribution in [3.8, 4) is 0 Å². The number of amides is 2. The Hall–Kier alpha value is -1.34. The summed E-state index contributed by atoms with van der Waals surface area (Å²) in [6.07, 6.45) is 2.53. The lowest BCUT2D eigenvalue weighted by Gasteiger charge is -2.30. The fourth-order valence-electron chi connectivity index (χ4n) is 3.09. The number of aliphatic carboxylic acids is 1. The first kappa shape index (κ1) is 16.0. The molecule has 1 heterocycles. The van der Waals surface area contributed by atoms with Crippen LogP contribution in [-0.2, 0) is 9.53 Å². The Kier molecular flexibility index (Phi) is 5.81. The van der Waals surface area contributed by atoms with Gasteiger partial charge >= 0.3 is 12.0 Å². The summed E-state index contributed by atoms with van der Waals surface area (Å²) in [6.45, 7) is 3.31. The maximum absolute atomic E-state index is 11.8. The van der Waals surface area contributed by atoms with Crippen LogP contribution in [0.3, 0.4) is 0 Å². The van der Waals surface area contributed by atoms with Gasteiger partial charge in [0.15, 0.2) is 0 Å². The summed E-state index contributed by atoms with van der Waals surface area (Å²) in [5.74, 6) is -1.02. The van der Waals surface area contributed by atoms with Crippen molar-refractivity contribution in [2.75, 3.05) is 39.8 Å². The molecular weight excluding hydrogens is 274 g/mol. The lowest BCUT2D eigenvalue weighted by Crippen LogP contribution is -2.48. The van der Waals surface area contributed by atoms with Crippen molar-refractivity contribution in [1.29, 1.82) is 0 Å². The van der Waals surface area contributed by atoms with Gasteiger partial charge in [0.25, 0.3) is 0 Å². The van der Waals surface area contributed by atoms with Crippen molar-refractivity contribution in [1.82, 2.24) is 15.5 Å². The largest absolute Gasteiger partial charge is 0.481 e. The molecule has 2 fully saturated rings. The molecule has 0 aromatic heterocycles. The van der Waals surface area contributed by atoms with Crippen LogP contribution < -0.4 is 10.6 Å². The van der Waals surface area contributed by atoms with Gasteiger partial charge in [-0.15, -0.1) is 0 Å². The molecule has 0 spiro atoms. The summed E-state index contributed by atoms with van der Waals surface area (Å²) < 4.78 is 5.56. The molecule has 3 N–H and O–H groups in total. The average molecular weight is 299 g/mol. The second-order valence-electron chi connectivity index (χ2n) is 5.98. The van der Waals surface area contributed by atoms with Crippen molar-refractivity contribution >= 4 is 12.0 Å². The topological polar surface area (TPSA) is 90.9 Å². The Morgan fingerprint density at radius 3 is 2.76 bits per heavy atom. The lowest BCUT2D eigenvalue weighted by molar-refractivity contribution is -0.142. The molecule has 0 bridgehead atoms. The van der Waals surface area contributed by atoms with Gasteiger partial charge in [0.05, 0.1) is 18.6 Å². The van der Waals surface area contributed by atoms with Crippen LogP contribution in [0.25, 0.3) is 0 Å². The van der Waals surface area contributed by atoms with Crippen LogP contribution in [0.15, 0.2) is 0 Å². The number of carboxylic acids is 1. The summed E-state index contributed by atoms with van der Waals surface area (Å²) in [5.41, 5.74) is 0. The SMILES string of the molecule is CN1CCOC(CNC(=O)NCC2CCCC2C(=O)O)C1. The Labute approximate surface area is 125 Å². The number of rotatable bonds is 5. The predicted molar refractivity (Wildman–Crippen MR) is 77.1 cm³/mol. The van der Waals surface area contributed by atoms with Gasteiger partial charge in [0.1, 0.15) is 0 Å². The number of carbonyl (C=O) groups is 2. The zero-order valence-electron chi connectivity index (χ0n) is 12.5. The Bertz CT molecular complexity index is 377. The van der Waals surface area contributed by atoms with Gasteiger partial charge in [-0.05, 0) is 25.8 Å². The molecule has 3 unspecified atom stereocenters. The molecule has 1 saturated heterocycles. The summed E-state index contributed by atoms with van der Waals surface area (Å²) in [4.78, 5) is 25.0. The fraction of sp³-hybridized carbons (Fsp3) is 0.857. The monoisotopic (exact) mass is 299 g/mol. The first-order valence-electron chi connectivity index (χ1n) is 7.61. The van der Waals surface area contributed by atoms with E-state index in [0.29, 0.717) is 26.1 Å². The van der Waals surface area contributed by atoms with Crippen molar-refractivity contribution in [3.63, 3.8) is 0 Å². The van der Waals surface area contributed by atoms with Crippen LogP contribution in [0, 0.1) is 11.8 Å². The minimum absolute atomic E-state index is 0.0211. The molecule has 1 aliphatic heterocycles. The quantitative estimate of drug-likeness (QED) is 0.670. The molecule has 2 amide bonds. The van der Waals surface area contributed by atoms with Gasteiger partial charge < -0.3 is 25.4 Å². The van der Waals surface area contributed by atoms with Gasteiger partial charge in [-0.25, -0.2) is 4.79 Å². The lowest BCUT2D eigenvalue weighted by atomic mass is 9.96. The van der Waals surface area contributed by atoms with Crippen LogP contribution in [0.4, 0.5) is 4.79 Å². The van der Waals surface area contributed by atoms with E-state index in [4.69, 9.17) is 9.84 Å². The minimum Gasteiger partial charge on any atom is -0.481 e. The zero-order chi connectivity index (χ0) is 15.2. The molecule has 0 radical (unpaired) electrons. The predicted octanol–water partition coefficient (Wildman–Crippen LogP) is 0.117. The van der Waals surface area contributed by atoms with E-state index < -0.39 is 5.97 Å². The molecule has 1 saturated carbocycles. The molecule has 0 aromatic rings. The molecule has 2 rings (SSSR count). The number of urea groups is 1. The first-order chi connectivity index (χ1) is 10.1. The number of morpholine rings is 1. The molecule has 7 heteroatoms. The number of nitrogens with zero attached hydrogens (tertiary/aromatic N) is 1. The van der Waals surface area contributed by atoms with E-state index in [1.165, 1.54) is 0 Å². The van der Waals surface area contributed by atoms with E-state index in [1.807, 2.05) is 7.05 Å². The summed E-state index contributed by atoms with van der Waals surface area (Å²) in [5, 5.41) is 14.7. The van der Waals surface area contributed by atoms with E-state index in [9.17, 15) is 9.59 Å². The molecule has 0 aromatic carbocycles. The highest BCUT2D eigenvalue weighted by Gasteiger charge is 2.32.